The largest absolute Gasteiger partial charge is 0.294 e. The molecule has 2 aromatic rings. The van der Waals surface area contributed by atoms with E-state index in [0.29, 0.717) is 34.9 Å². The van der Waals surface area contributed by atoms with E-state index in [0.717, 1.165) is 0 Å². The van der Waals surface area contributed by atoms with Crippen LogP contribution in [0.4, 0.5) is 5.95 Å². The van der Waals surface area contributed by atoms with Crippen molar-refractivity contribution in [3.8, 4) is 0 Å². The van der Waals surface area contributed by atoms with E-state index in [1.807, 2.05) is 13.8 Å². The zero-order chi connectivity index (χ0) is 18.0. The summed E-state index contributed by atoms with van der Waals surface area (Å²) in [5, 5.41) is 3.23. The molecule has 0 aliphatic heterocycles. The summed E-state index contributed by atoms with van der Waals surface area (Å²) in [5.74, 6) is 0.228. The lowest BCUT2D eigenvalue weighted by Crippen LogP contribution is -2.30. The molecule has 0 bridgehead atoms. The van der Waals surface area contributed by atoms with Crippen LogP contribution in [-0.4, -0.2) is 37.4 Å². The number of nitrogens with zero attached hydrogens (tertiary/aromatic N) is 4. The van der Waals surface area contributed by atoms with E-state index in [9.17, 15) is 9.59 Å². The predicted molar refractivity (Wildman–Crippen MR) is 94.6 cm³/mol. The highest BCUT2D eigenvalue weighted by Gasteiger charge is 2.33. The maximum atomic E-state index is 12.3. The van der Waals surface area contributed by atoms with Crippen molar-refractivity contribution in [2.45, 2.75) is 38.8 Å². The van der Waals surface area contributed by atoms with Gasteiger partial charge in [0, 0.05) is 18.8 Å². The van der Waals surface area contributed by atoms with Crippen molar-refractivity contribution < 1.29 is 9.59 Å². The van der Waals surface area contributed by atoms with Gasteiger partial charge in [-0.1, -0.05) is 25.6 Å². The molecule has 1 amide bonds. The summed E-state index contributed by atoms with van der Waals surface area (Å²) in [6.45, 7) is 5.86. The summed E-state index contributed by atoms with van der Waals surface area (Å²) >= 11 is 1.24. The average molecular weight is 357 g/mol. The molecule has 0 aromatic carbocycles. The van der Waals surface area contributed by atoms with Crippen molar-refractivity contribution in [1.29, 1.82) is 0 Å². The maximum Gasteiger partial charge on any atom is 0.237 e. The van der Waals surface area contributed by atoms with Crippen molar-refractivity contribution in [2.75, 3.05) is 11.1 Å². The lowest BCUT2D eigenvalue weighted by atomic mass is 9.75. The van der Waals surface area contributed by atoms with Crippen LogP contribution in [0.25, 0.3) is 0 Å². The van der Waals surface area contributed by atoms with E-state index in [1.165, 1.54) is 11.8 Å². The molecule has 1 aliphatic carbocycles. The standard InChI is InChI=1S/C17H19N5O2S/c1-10-14-11(7-17(2,3)8-12(14)23)21-15(20-10)22-13(24)9-25-16-18-5-4-6-19-16/h4-6H,7-9H2,1-3H3,(H,20,21,22,24). The Morgan fingerprint density at radius 3 is 2.68 bits per heavy atom. The third-order valence-electron chi connectivity index (χ3n) is 3.85. The Morgan fingerprint density at radius 1 is 1.24 bits per heavy atom. The third kappa shape index (κ3) is 4.19. The molecule has 7 nitrogen and oxygen atoms in total. The topological polar surface area (TPSA) is 97.7 Å². The zero-order valence-corrected chi connectivity index (χ0v) is 15.2. The van der Waals surface area contributed by atoms with Crippen LogP contribution in [0.5, 0.6) is 0 Å². The van der Waals surface area contributed by atoms with E-state index in [4.69, 9.17) is 0 Å². The van der Waals surface area contributed by atoms with Crippen LogP contribution in [0, 0.1) is 12.3 Å². The van der Waals surface area contributed by atoms with E-state index >= 15 is 0 Å². The SMILES string of the molecule is Cc1nc(NC(=O)CSc2ncccn2)nc2c1C(=O)CC(C)(C)C2. The summed E-state index contributed by atoms with van der Waals surface area (Å²) in [4.78, 5) is 41.3. The summed E-state index contributed by atoms with van der Waals surface area (Å²) in [7, 11) is 0. The minimum atomic E-state index is -0.238. The summed E-state index contributed by atoms with van der Waals surface area (Å²) in [6.07, 6.45) is 4.43. The lowest BCUT2D eigenvalue weighted by molar-refractivity contribution is -0.113. The molecule has 130 valence electrons. The molecule has 0 saturated carbocycles. The normalized spacial score (nSPS) is 15.6. The highest BCUT2D eigenvalue weighted by atomic mass is 32.2. The number of carbonyl (C=O) groups excluding carboxylic acids is 2. The average Bonchev–Trinajstić information content (AvgIpc) is 2.51. The van der Waals surface area contributed by atoms with Gasteiger partial charge in [0.25, 0.3) is 0 Å². The van der Waals surface area contributed by atoms with Gasteiger partial charge in [0.15, 0.2) is 10.9 Å². The van der Waals surface area contributed by atoms with Crippen molar-refractivity contribution in [2.24, 2.45) is 5.41 Å². The van der Waals surface area contributed by atoms with Gasteiger partial charge < -0.3 is 0 Å². The Labute approximate surface area is 150 Å². The number of anilines is 1. The third-order valence-corrected chi connectivity index (χ3v) is 4.73. The first-order valence-electron chi connectivity index (χ1n) is 7.94. The van der Waals surface area contributed by atoms with Gasteiger partial charge >= 0.3 is 0 Å². The number of carbonyl (C=O) groups is 2. The van der Waals surface area contributed by atoms with Gasteiger partial charge in [0.1, 0.15) is 0 Å². The van der Waals surface area contributed by atoms with Gasteiger partial charge in [-0.15, -0.1) is 0 Å². The Bertz CT molecular complexity index is 823. The first kappa shape index (κ1) is 17.5. The minimum Gasteiger partial charge on any atom is -0.294 e. The van der Waals surface area contributed by atoms with Crippen LogP contribution in [0.15, 0.2) is 23.6 Å². The highest BCUT2D eigenvalue weighted by Crippen LogP contribution is 2.35. The van der Waals surface area contributed by atoms with Crippen LogP contribution in [0.1, 0.15) is 42.0 Å². The number of nitrogens with one attached hydrogen (secondary N) is 1. The number of hydrogen-bond donors (Lipinski definition) is 1. The first-order valence-corrected chi connectivity index (χ1v) is 8.93. The summed E-state index contributed by atoms with van der Waals surface area (Å²) < 4.78 is 0. The molecule has 8 heteroatoms. The second-order valence-electron chi connectivity index (χ2n) is 6.76. The van der Waals surface area contributed by atoms with Crippen LogP contribution in [0.2, 0.25) is 0 Å². The minimum absolute atomic E-state index is 0.0680. The Morgan fingerprint density at radius 2 is 1.96 bits per heavy atom. The molecule has 3 rings (SSSR count). The zero-order valence-electron chi connectivity index (χ0n) is 14.4. The molecule has 2 aromatic heterocycles. The molecular weight excluding hydrogens is 338 g/mol. The second-order valence-corrected chi connectivity index (χ2v) is 7.71. The van der Waals surface area contributed by atoms with Gasteiger partial charge in [-0.2, -0.15) is 0 Å². The number of rotatable bonds is 4. The smallest absolute Gasteiger partial charge is 0.237 e. The molecule has 0 saturated heterocycles. The van der Waals surface area contributed by atoms with E-state index in [-0.39, 0.29) is 28.8 Å². The van der Waals surface area contributed by atoms with Gasteiger partial charge in [0.2, 0.25) is 11.9 Å². The van der Waals surface area contributed by atoms with Gasteiger partial charge in [0.05, 0.1) is 22.7 Å². The Hall–Kier alpha value is -2.35. The summed E-state index contributed by atoms with van der Waals surface area (Å²) in [5.41, 5.74) is 1.79. The summed E-state index contributed by atoms with van der Waals surface area (Å²) in [6, 6.07) is 1.72. The fraction of sp³-hybridized carbons (Fsp3) is 0.412. The van der Waals surface area contributed by atoms with E-state index in [2.05, 4.69) is 25.3 Å². The Kier molecular flexibility index (Phi) is 4.80. The number of thioether (sulfide) groups is 1. The number of fused-ring (bicyclic) bond motifs is 1. The highest BCUT2D eigenvalue weighted by molar-refractivity contribution is 7.99. The molecule has 0 fully saturated rings. The van der Waals surface area contributed by atoms with Crippen LogP contribution >= 0.6 is 11.8 Å². The molecule has 2 heterocycles. The molecular formula is C17H19N5O2S. The van der Waals surface area contributed by atoms with Gasteiger partial charge in [-0.3, -0.25) is 14.9 Å². The van der Waals surface area contributed by atoms with Crippen molar-refractivity contribution in [3.63, 3.8) is 0 Å². The quantitative estimate of drug-likeness (QED) is 0.663. The molecule has 1 N–H and O–H groups in total. The van der Waals surface area contributed by atoms with Gasteiger partial charge in [-0.25, -0.2) is 19.9 Å². The maximum absolute atomic E-state index is 12.3. The van der Waals surface area contributed by atoms with Crippen molar-refractivity contribution >= 4 is 29.4 Å². The Balaban J connectivity index is 1.72. The first-order chi connectivity index (χ1) is 11.8. The van der Waals surface area contributed by atoms with Crippen molar-refractivity contribution in [1.82, 2.24) is 19.9 Å². The molecule has 0 atom stereocenters. The second kappa shape index (κ2) is 6.87. The molecule has 0 unspecified atom stereocenters. The van der Waals surface area contributed by atoms with E-state index < -0.39 is 0 Å². The number of aromatic nitrogens is 4. The number of amides is 1. The molecule has 1 aliphatic rings. The number of Topliss-reactive ketones (excluding diaryl/α,β-unsaturated/α-hetero) is 1. The fourth-order valence-corrected chi connectivity index (χ4v) is 3.47. The van der Waals surface area contributed by atoms with Crippen LogP contribution < -0.4 is 5.32 Å². The van der Waals surface area contributed by atoms with E-state index in [1.54, 1.807) is 25.4 Å². The molecule has 25 heavy (non-hydrogen) atoms. The van der Waals surface area contributed by atoms with Gasteiger partial charge in [-0.05, 0) is 24.8 Å². The predicted octanol–water partition coefficient (Wildman–Crippen LogP) is 2.46. The lowest BCUT2D eigenvalue weighted by Gasteiger charge is -2.30. The number of hydrogen-bond acceptors (Lipinski definition) is 7. The van der Waals surface area contributed by atoms with Crippen LogP contribution in [0.3, 0.4) is 0 Å². The fourth-order valence-electron chi connectivity index (χ4n) is 2.87. The number of ketones is 1. The monoisotopic (exact) mass is 357 g/mol. The molecule has 0 radical (unpaired) electrons. The molecule has 0 spiro atoms. The number of aryl methyl sites for hydroxylation is 1. The van der Waals surface area contributed by atoms with Crippen molar-refractivity contribution in [3.05, 3.63) is 35.4 Å². The van der Waals surface area contributed by atoms with Crippen LogP contribution in [-0.2, 0) is 11.2 Å².